The minimum atomic E-state index is 0.143. The number of hydrogen-bond acceptors (Lipinski definition) is 3. The number of ether oxygens (including phenoxy) is 1. The van der Waals surface area contributed by atoms with E-state index < -0.39 is 0 Å². The van der Waals surface area contributed by atoms with Gasteiger partial charge in [-0.3, -0.25) is 4.90 Å². The molecule has 0 aliphatic heterocycles. The maximum absolute atomic E-state index is 6.19. The van der Waals surface area contributed by atoms with Crippen LogP contribution in [0.2, 0.25) is 5.02 Å². The highest BCUT2D eigenvalue weighted by molar-refractivity contribution is 6.31. The van der Waals surface area contributed by atoms with Crippen molar-refractivity contribution in [2.45, 2.75) is 13.0 Å². The van der Waals surface area contributed by atoms with Crippen molar-refractivity contribution in [2.24, 2.45) is 5.73 Å². The van der Waals surface area contributed by atoms with Gasteiger partial charge in [-0.1, -0.05) is 29.8 Å². The van der Waals surface area contributed by atoms with E-state index in [9.17, 15) is 0 Å². The van der Waals surface area contributed by atoms with Crippen LogP contribution in [-0.4, -0.2) is 38.3 Å². The topological polar surface area (TPSA) is 38.5 Å². The number of benzene rings is 1. The van der Waals surface area contributed by atoms with Crippen LogP contribution in [0, 0.1) is 0 Å². The van der Waals surface area contributed by atoms with Gasteiger partial charge in [-0.25, -0.2) is 0 Å². The minimum absolute atomic E-state index is 0.143. The third-order valence-electron chi connectivity index (χ3n) is 2.81. The number of nitrogens with two attached hydrogens (primary N) is 1. The fourth-order valence-corrected chi connectivity index (χ4v) is 2.06. The molecule has 0 aromatic heterocycles. The van der Waals surface area contributed by atoms with E-state index in [0.717, 1.165) is 23.7 Å². The van der Waals surface area contributed by atoms with Crippen molar-refractivity contribution in [3.63, 3.8) is 0 Å². The molecular formula is C13H21ClN2O. The van der Waals surface area contributed by atoms with Crippen LogP contribution in [0.15, 0.2) is 24.3 Å². The van der Waals surface area contributed by atoms with Crippen molar-refractivity contribution >= 4 is 11.6 Å². The summed E-state index contributed by atoms with van der Waals surface area (Å²) < 4.78 is 5.35. The van der Waals surface area contributed by atoms with E-state index in [1.54, 1.807) is 0 Å². The van der Waals surface area contributed by atoms with E-state index in [2.05, 4.69) is 4.90 Å². The number of nitrogens with zero attached hydrogens (tertiary/aromatic N) is 1. The Hall–Kier alpha value is -0.610. The largest absolute Gasteiger partial charge is 0.380 e. The average Bonchev–Trinajstić information content (AvgIpc) is 2.33. The lowest BCUT2D eigenvalue weighted by Crippen LogP contribution is -2.33. The lowest BCUT2D eigenvalue weighted by molar-refractivity contribution is 0.108. The highest BCUT2D eigenvalue weighted by atomic mass is 35.5. The summed E-state index contributed by atoms with van der Waals surface area (Å²) >= 11 is 6.19. The fourth-order valence-electron chi connectivity index (χ4n) is 1.80. The Morgan fingerprint density at radius 3 is 2.71 bits per heavy atom. The molecule has 0 aliphatic carbocycles. The standard InChI is InChI=1S/C13H21ClN2O/c1-3-17-9-8-16(2)13(10-15)11-6-4-5-7-12(11)14/h4-7,13H,3,8-10,15H2,1-2H3. The number of likely N-dealkylation sites (N-methyl/N-ethyl adjacent to an activating group) is 1. The second-order valence-corrected chi connectivity index (χ2v) is 4.36. The van der Waals surface area contributed by atoms with Crippen molar-refractivity contribution in [3.8, 4) is 0 Å². The first-order valence-corrected chi connectivity index (χ1v) is 6.31. The maximum atomic E-state index is 6.19. The Labute approximate surface area is 109 Å². The molecule has 0 bridgehead atoms. The van der Waals surface area contributed by atoms with Gasteiger partial charge in [-0.15, -0.1) is 0 Å². The average molecular weight is 257 g/mol. The van der Waals surface area contributed by atoms with Crippen LogP contribution in [0.5, 0.6) is 0 Å². The van der Waals surface area contributed by atoms with Gasteiger partial charge in [0.25, 0.3) is 0 Å². The molecule has 4 heteroatoms. The third kappa shape index (κ3) is 4.28. The Balaban J connectivity index is 2.67. The summed E-state index contributed by atoms with van der Waals surface area (Å²) in [5.41, 5.74) is 6.92. The van der Waals surface area contributed by atoms with E-state index in [1.807, 2.05) is 38.2 Å². The Kier molecular flexibility index (Phi) is 6.52. The molecule has 0 saturated carbocycles. The first-order valence-electron chi connectivity index (χ1n) is 5.93. The van der Waals surface area contributed by atoms with E-state index in [-0.39, 0.29) is 6.04 Å². The summed E-state index contributed by atoms with van der Waals surface area (Å²) in [5, 5.41) is 0.770. The van der Waals surface area contributed by atoms with Crippen LogP contribution in [0.4, 0.5) is 0 Å². The van der Waals surface area contributed by atoms with Gasteiger partial charge in [-0.2, -0.15) is 0 Å². The summed E-state index contributed by atoms with van der Waals surface area (Å²) in [6, 6.07) is 7.98. The van der Waals surface area contributed by atoms with Crippen molar-refractivity contribution in [1.29, 1.82) is 0 Å². The minimum Gasteiger partial charge on any atom is -0.380 e. The Morgan fingerprint density at radius 2 is 2.12 bits per heavy atom. The lowest BCUT2D eigenvalue weighted by Gasteiger charge is -2.27. The van der Waals surface area contributed by atoms with Crippen molar-refractivity contribution in [1.82, 2.24) is 4.90 Å². The molecule has 1 atom stereocenters. The summed E-state index contributed by atoms with van der Waals surface area (Å²) in [4.78, 5) is 2.18. The van der Waals surface area contributed by atoms with Gasteiger partial charge in [0.1, 0.15) is 0 Å². The molecule has 1 unspecified atom stereocenters. The molecule has 0 aliphatic rings. The van der Waals surface area contributed by atoms with Gasteiger partial charge in [-0.05, 0) is 25.6 Å². The molecule has 17 heavy (non-hydrogen) atoms. The first-order chi connectivity index (χ1) is 8.20. The van der Waals surface area contributed by atoms with Crippen LogP contribution in [0.25, 0.3) is 0 Å². The number of hydrogen-bond donors (Lipinski definition) is 1. The van der Waals surface area contributed by atoms with Gasteiger partial charge < -0.3 is 10.5 Å². The molecule has 1 aromatic rings. The summed E-state index contributed by atoms with van der Waals surface area (Å²) in [5.74, 6) is 0. The molecule has 1 rings (SSSR count). The van der Waals surface area contributed by atoms with E-state index in [4.69, 9.17) is 22.1 Å². The molecule has 1 aromatic carbocycles. The van der Waals surface area contributed by atoms with Crippen LogP contribution in [-0.2, 0) is 4.74 Å². The molecule has 0 spiro atoms. The first kappa shape index (κ1) is 14.5. The van der Waals surface area contributed by atoms with Crippen molar-refractivity contribution in [3.05, 3.63) is 34.9 Å². The number of rotatable bonds is 7. The SMILES string of the molecule is CCOCCN(C)C(CN)c1ccccc1Cl. The zero-order valence-corrected chi connectivity index (χ0v) is 11.3. The number of halogens is 1. The van der Waals surface area contributed by atoms with Crippen LogP contribution in [0.1, 0.15) is 18.5 Å². The highest BCUT2D eigenvalue weighted by Gasteiger charge is 2.17. The van der Waals surface area contributed by atoms with E-state index >= 15 is 0 Å². The van der Waals surface area contributed by atoms with Crippen molar-refractivity contribution < 1.29 is 4.74 Å². The summed E-state index contributed by atoms with van der Waals surface area (Å²) in [6.07, 6.45) is 0. The fraction of sp³-hybridized carbons (Fsp3) is 0.538. The highest BCUT2D eigenvalue weighted by Crippen LogP contribution is 2.25. The smallest absolute Gasteiger partial charge is 0.0593 e. The zero-order valence-electron chi connectivity index (χ0n) is 10.5. The molecule has 2 N–H and O–H groups in total. The van der Waals surface area contributed by atoms with E-state index in [1.165, 1.54) is 0 Å². The summed E-state index contributed by atoms with van der Waals surface area (Å²) in [7, 11) is 2.04. The predicted molar refractivity (Wildman–Crippen MR) is 72.4 cm³/mol. The molecule has 0 saturated heterocycles. The normalized spacial score (nSPS) is 13.0. The molecule has 96 valence electrons. The summed E-state index contributed by atoms with van der Waals surface area (Å²) in [6.45, 7) is 4.85. The van der Waals surface area contributed by atoms with E-state index in [0.29, 0.717) is 13.2 Å². The maximum Gasteiger partial charge on any atom is 0.0593 e. The molecule has 0 radical (unpaired) electrons. The molecule has 0 fully saturated rings. The van der Waals surface area contributed by atoms with Gasteiger partial charge in [0, 0.05) is 30.8 Å². The van der Waals surface area contributed by atoms with Crippen LogP contribution >= 0.6 is 11.6 Å². The van der Waals surface area contributed by atoms with Crippen LogP contribution < -0.4 is 5.73 Å². The quantitative estimate of drug-likeness (QED) is 0.761. The predicted octanol–water partition coefficient (Wildman–Crippen LogP) is 2.31. The monoisotopic (exact) mass is 256 g/mol. The van der Waals surface area contributed by atoms with Gasteiger partial charge in [0.15, 0.2) is 0 Å². The molecule has 0 heterocycles. The molecular weight excluding hydrogens is 236 g/mol. The van der Waals surface area contributed by atoms with Gasteiger partial charge >= 0.3 is 0 Å². The second kappa shape index (κ2) is 7.67. The van der Waals surface area contributed by atoms with Gasteiger partial charge in [0.05, 0.1) is 6.61 Å². The lowest BCUT2D eigenvalue weighted by atomic mass is 10.1. The molecule has 3 nitrogen and oxygen atoms in total. The zero-order chi connectivity index (χ0) is 12.7. The Morgan fingerprint density at radius 1 is 1.41 bits per heavy atom. The van der Waals surface area contributed by atoms with Gasteiger partial charge in [0.2, 0.25) is 0 Å². The molecule has 0 amide bonds. The Bertz CT molecular complexity index is 333. The van der Waals surface area contributed by atoms with Crippen molar-refractivity contribution in [2.75, 3.05) is 33.4 Å². The second-order valence-electron chi connectivity index (χ2n) is 3.95. The van der Waals surface area contributed by atoms with Crippen LogP contribution in [0.3, 0.4) is 0 Å². The third-order valence-corrected chi connectivity index (χ3v) is 3.16.